The van der Waals surface area contributed by atoms with E-state index in [1.807, 2.05) is 18.2 Å². The van der Waals surface area contributed by atoms with Crippen LogP contribution < -0.4 is 15.6 Å². The molecule has 2 aromatic rings. The summed E-state index contributed by atoms with van der Waals surface area (Å²) in [7, 11) is 0. The van der Waals surface area contributed by atoms with Gasteiger partial charge in [-0.25, -0.2) is 0 Å². The Morgan fingerprint density at radius 1 is 1.08 bits per heavy atom. The first-order valence-corrected chi connectivity index (χ1v) is 9.13. The normalized spacial score (nSPS) is 15.3. The van der Waals surface area contributed by atoms with Crippen molar-refractivity contribution in [2.45, 2.75) is 25.8 Å². The summed E-state index contributed by atoms with van der Waals surface area (Å²) in [6.45, 7) is 4.40. The van der Waals surface area contributed by atoms with Crippen LogP contribution in [-0.4, -0.2) is 24.4 Å². The second-order valence-corrected chi connectivity index (χ2v) is 6.67. The van der Waals surface area contributed by atoms with Crippen LogP contribution in [0.1, 0.15) is 36.9 Å². The maximum Gasteiger partial charge on any atom is 0.187 e. The lowest BCUT2D eigenvalue weighted by Crippen LogP contribution is -2.34. The number of hydrazone groups is 1. The minimum Gasteiger partial charge on any atom is -0.372 e. The Bertz CT molecular complexity index is 706. The summed E-state index contributed by atoms with van der Waals surface area (Å²) < 4.78 is 0. The summed E-state index contributed by atoms with van der Waals surface area (Å²) in [4.78, 5) is 2.42. The maximum absolute atomic E-state index is 5.30. The number of thiocarbonyl (C=S) groups is 1. The standard InChI is InChI=1S/C20H24N4S/c1-16(18-7-3-2-4-8-18)22-20(25)23-21-15-17-9-11-19(12-10-17)24-13-5-6-14-24/h2-4,7-12,15-16H,5-6,13-14H2,1H3,(H2,22,23,25)/b21-15+/t16-/m0/s1. The predicted octanol–water partition coefficient (Wildman–Crippen LogP) is 3.85. The van der Waals surface area contributed by atoms with Gasteiger partial charge in [-0.1, -0.05) is 42.5 Å². The molecule has 2 aromatic carbocycles. The largest absolute Gasteiger partial charge is 0.372 e. The topological polar surface area (TPSA) is 39.7 Å². The van der Waals surface area contributed by atoms with Crippen molar-refractivity contribution in [1.82, 2.24) is 10.7 Å². The Kier molecular flexibility index (Phi) is 6.01. The van der Waals surface area contributed by atoms with Crippen LogP contribution >= 0.6 is 12.2 Å². The van der Waals surface area contributed by atoms with Crippen molar-refractivity contribution in [3.05, 3.63) is 65.7 Å². The Morgan fingerprint density at radius 3 is 2.44 bits per heavy atom. The van der Waals surface area contributed by atoms with Gasteiger partial charge in [0, 0.05) is 18.8 Å². The fraction of sp³-hybridized carbons (Fsp3) is 0.300. The molecule has 0 saturated carbocycles. The molecule has 25 heavy (non-hydrogen) atoms. The third kappa shape index (κ3) is 5.03. The zero-order chi connectivity index (χ0) is 17.5. The van der Waals surface area contributed by atoms with Crippen LogP contribution in [0.2, 0.25) is 0 Å². The van der Waals surface area contributed by atoms with Crippen molar-refractivity contribution in [3.63, 3.8) is 0 Å². The summed E-state index contributed by atoms with van der Waals surface area (Å²) in [6, 6.07) is 18.8. The van der Waals surface area contributed by atoms with E-state index in [0.29, 0.717) is 5.11 Å². The van der Waals surface area contributed by atoms with Gasteiger partial charge in [0.05, 0.1) is 12.3 Å². The number of rotatable bonds is 5. The Balaban J connectivity index is 1.48. The number of anilines is 1. The zero-order valence-corrected chi connectivity index (χ0v) is 15.3. The summed E-state index contributed by atoms with van der Waals surface area (Å²) in [5, 5.41) is 7.97. The highest BCUT2D eigenvalue weighted by Crippen LogP contribution is 2.19. The average molecular weight is 353 g/mol. The summed E-state index contributed by atoms with van der Waals surface area (Å²) in [5.41, 5.74) is 6.41. The van der Waals surface area contributed by atoms with E-state index < -0.39 is 0 Å². The van der Waals surface area contributed by atoms with Gasteiger partial charge in [-0.15, -0.1) is 0 Å². The lowest BCUT2D eigenvalue weighted by Gasteiger charge is -2.17. The molecule has 1 fully saturated rings. The van der Waals surface area contributed by atoms with Crippen molar-refractivity contribution < 1.29 is 0 Å². The molecule has 0 radical (unpaired) electrons. The predicted molar refractivity (Wildman–Crippen MR) is 109 cm³/mol. The highest BCUT2D eigenvalue weighted by atomic mass is 32.1. The van der Waals surface area contributed by atoms with E-state index in [-0.39, 0.29) is 6.04 Å². The molecule has 0 bridgehead atoms. The minimum absolute atomic E-state index is 0.135. The van der Waals surface area contributed by atoms with Gasteiger partial charge >= 0.3 is 0 Å². The first kappa shape index (κ1) is 17.4. The van der Waals surface area contributed by atoms with Crippen LogP contribution in [0.4, 0.5) is 5.69 Å². The Labute approximate surface area is 154 Å². The molecule has 0 aliphatic carbocycles. The van der Waals surface area contributed by atoms with Crippen LogP contribution in [0.5, 0.6) is 0 Å². The fourth-order valence-corrected chi connectivity index (χ4v) is 3.20. The van der Waals surface area contributed by atoms with Crippen molar-refractivity contribution in [2.24, 2.45) is 5.10 Å². The van der Waals surface area contributed by atoms with Gasteiger partial charge in [0.25, 0.3) is 0 Å². The number of hydrogen-bond donors (Lipinski definition) is 2. The molecule has 130 valence electrons. The van der Waals surface area contributed by atoms with Gasteiger partial charge in [-0.2, -0.15) is 5.10 Å². The second kappa shape index (κ2) is 8.62. The number of hydrogen-bond acceptors (Lipinski definition) is 3. The zero-order valence-electron chi connectivity index (χ0n) is 14.5. The molecule has 3 rings (SSSR count). The molecule has 0 aromatic heterocycles. The minimum atomic E-state index is 0.135. The van der Waals surface area contributed by atoms with Crippen molar-refractivity contribution in [2.75, 3.05) is 18.0 Å². The molecule has 0 spiro atoms. The van der Waals surface area contributed by atoms with E-state index in [1.165, 1.54) is 24.1 Å². The molecule has 1 aliphatic heterocycles. The van der Waals surface area contributed by atoms with Gasteiger partial charge in [0.2, 0.25) is 0 Å². The third-order valence-corrected chi connectivity index (χ3v) is 4.60. The molecular formula is C20H24N4S. The summed E-state index contributed by atoms with van der Waals surface area (Å²) >= 11 is 5.30. The highest BCUT2D eigenvalue weighted by molar-refractivity contribution is 7.80. The quantitative estimate of drug-likeness (QED) is 0.487. The first-order valence-electron chi connectivity index (χ1n) is 8.72. The van der Waals surface area contributed by atoms with E-state index in [1.54, 1.807) is 6.21 Å². The smallest absolute Gasteiger partial charge is 0.187 e. The van der Waals surface area contributed by atoms with E-state index >= 15 is 0 Å². The van der Waals surface area contributed by atoms with Gasteiger partial charge in [0.15, 0.2) is 5.11 Å². The van der Waals surface area contributed by atoms with E-state index in [2.05, 4.69) is 64.1 Å². The van der Waals surface area contributed by atoms with E-state index in [0.717, 1.165) is 18.7 Å². The third-order valence-electron chi connectivity index (χ3n) is 4.39. The van der Waals surface area contributed by atoms with Crippen molar-refractivity contribution >= 4 is 29.2 Å². The van der Waals surface area contributed by atoms with Gasteiger partial charge in [-0.3, -0.25) is 5.43 Å². The molecule has 2 N–H and O–H groups in total. The molecule has 0 amide bonds. The SMILES string of the molecule is C[C@H](NC(=S)N/N=C/c1ccc(N2CCCC2)cc1)c1ccccc1. The average Bonchev–Trinajstić information content (AvgIpc) is 3.18. The maximum atomic E-state index is 5.30. The molecule has 1 saturated heterocycles. The lowest BCUT2D eigenvalue weighted by molar-refractivity contribution is 0.704. The van der Waals surface area contributed by atoms with Crippen molar-refractivity contribution in [3.8, 4) is 0 Å². The van der Waals surface area contributed by atoms with E-state index in [4.69, 9.17) is 12.2 Å². The van der Waals surface area contributed by atoms with Crippen LogP contribution in [0.3, 0.4) is 0 Å². The number of nitrogens with zero attached hydrogens (tertiary/aromatic N) is 2. The fourth-order valence-electron chi connectivity index (χ4n) is 2.97. The van der Waals surface area contributed by atoms with Gasteiger partial charge < -0.3 is 10.2 Å². The molecular weight excluding hydrogens is 328 g/mol. The van der Waals surface area contributed by atoms with Crippen LogP contribution in [0.25, 0.3) is 0 Å². The van der Waals surface area contributed by atoms with Crippen LogP contribution in [-0.2, 0) is 0 Å². The molecule has 0 unspecified atom stereocenters. The molecule has 1 heterocycles. The number of nitrogens with one attached hydrogen (secondary N) is 2. The highest BCUT2D eigenvalue weighted by Gasteiger charge is 2.11. The molecule has 4 nitrogen and oxygen atoms in total. The monoisotopic (exact) mass is 352 g/mol. The lowest BCUT2D eigenvalue weighted by atomic mass is 10.1. The Morgan fingerprint density at radius 2 is 1.76 bits per heavy atom. The summed E-state index contributed by atoms with van der Waals surface area (Å²) in [6.07, 6.45) is 4.37. The first-order chi connectivity index (χ1) is 12.2. The number of benzene rings is 2. The van der Waals surface area contributed by atoms with Gasteiger partial charge in [0.1, 0.15) is 0 Å². The van der Waals surface area contributed by atoms with Gasteiger partial charge in [-0.05, 0) is 55.2 Å². The summed E-state index contributed by atoms with van der Waals surface area (Å²) in [5.74, 6) is 0. The Hall–Kier alpha value is -2.40. The molecule has 5 heteroatoms. The van der Waals surface area contributed by atoms with Crippen LogP contribution in [0, 0.1) is 0 Å². The molecule has 1 aliphatic rings. The molecule has 1 atom stereocenters. The van der Waals surface area contributed by atoms with E-state index in [9.17, 15) is 0 Å². The second-order valence-electron chi connectivity index (χ2n) is 6.26. The van der Waals surface area contributed by atoms with Crippen LogP contribution in [0.15, 0.2) is 59.7 Å². The van der Waals surface area contributed by atoms with Crippen molar-refractivity contribution in [1.29, 1.82) is 0 Å².